The minimum absolute atomic E-state index is 0.0291. The Hall–Kier alpha value is -12.7. The largest absolute Gasteiger partial charge is 0.0622 e. The van der Waals surface area contributed by atoms with E-state index in [1.54, 1.807) is 0 Å². The lowest BCUT2D eigenvalue weighted by molar-refractivity contribution is 0.660. The monoisotopic (exact) mass is 1360 g/mol. The third kappa shape index (κ3) is 10.2. The molecule has 0 saturated carbocycles. The molecule has 0 heteroatoms. The summed E-state index contributed by atoms with van der Waals surface area (Å²) in [6, 6.07) is 136. The van der Waals surface area contributed by atoms with Gasteiger partial charge in [0.15, 0.2) is 0 Å². The summed E-state index contributed by atoms with van der Waals surface area (Å²) < 4.78 is 0. The highest BCUT2D eigenvalue weighted by Crippen LogP contribution is 2.56. The maximum atomic E-state index is 2.48. The molecule has 0 atom stereocenters. The number of rotatable bonds is 8. The highest BCUT2D eigenvalue weighted by Gasteiger charge is 2.39. The molecule has 0 nitrogen and oxygen atoms in total. The molecule has 0 aliphatic heterocycles. The first-order chi connectivity index (χ1) is 52.3. The van der Waals surface area contributed by atoms with Crippen LogP contribution in [0.3, 0.4) is 0 Å². The van der Waals surface area contributed by atoms with Crippen LogP contribution in [-0.2, 0) is 16.2 Å². The van der Waals surface area contributed by atoms with Crippen LogP contribution < -0.4 is 0 Å². The molecule has 107 heavy (non-hydrogen) atoms. The summed E-state index contributed by atoms with van der Waals surface area (Å²) in [5.74, 6) is 0. The van der Waals surface area contributed by atoms with Crippen molar-refractivity contribution in [2.45, 2.75) is 57.8 Å². The number of fused-ring (bicyclic) bond motifs is 14. The molecule has 18 aromatic carbocycles. The van der Waals surface area contributed by atoms with Gasteiger partial charge in [-0.2, -0.15) is 0 Å². The fraction of sp³-hybridized carbons (Fsp3) is 0.0841. The smallest absolute Gasteiger partial charge is 0.0159 e. The molecular formula is C107H78. The molecule has 18 aromatic rings. The van der Waals surface area contributed by atoms with E-state index in [0.717, 1.165) is 0 Å². The average molecular weight is 1360 g/mol. The zero-order valence-electron chi connectivity index (χ0n) is 61.1. The third-order valence-electron chi connectivity index (χ3n) is 24.4. The van der Waals surface area contributed by atoms with Crippen molar-refractivity contribution in [1.29, 1.82) is 0 Å². The molecule has 3 aliphatic carbocycles. The van der Waals surface area contributed by atoms with Crippen molar-refractivity contribution in [2.24, 2.45) is 0 Å². The number of hydrogen-bond donors (Lipinski definition) is 0. The van der Waals surface area contributed by atoms with Gasteiger partial charge in [0.2, 0.25) is 0 Å². The second-order valence-electron chi connectivity index (χ2n) is 31.3. The molecule has 0 bridgehead atoms. The van der Waals surface area contributed by atoms with Crippen molar-refractivity contribution >= 4 is 53.9 Å². The molecule has 0 saturated heterocycles. The van der Waals surface area contributed by atoms with Crippen LogP contribution in [0.4, 0.5) is 0 Å². The summed E-state index contributed by atoms with van der Waals surface area (Å²) in [6.45, 7) is 14.2. The van der Waals surface area contributed by atoms with Crippen LogP contribution >= 0.6 is 0 Å². The van der Waals surface area contributed by atoms with Crippen LogP contribution in [0.15, 0.2) is 364 Å². The van der Waals surface area contributed by atoms with E-state index >= 15 is 0 Å². The Balaban J connectivity index is 0.000000142. The van der Waals surface area contributed by atoms with Crippen molar-refractivity contribution in [3.63, 3.8) is 0 Å². The summed E-state index contributed by atoms with van der Waals surface area (Å²) in [5.41, 5.74) is 36.4. The van der Waals surface area contributed by atoms with Gasteiger partial charge in [-0.05, 0) is 240 Å². The van der Waals surface area contributed by atoms with Gasteiger partial charge >= 0.3 is 0 Å². The van der Waals surface area contributed by atoms with Crippen LogP contribution in [0.2, 0.25) is 0 Å². The number of benzene rings is 18. The fourth-order valence-electron chi connectivity index (χ4n) is 18.9. The van der Waals surface area contributed by atoms with Gasteiger partial charge in [0.1, 0.15) is 0 Å². The van der Waals surface area contributed by atoms with E-state index in [0.29, 0.717) is 0 Å². The Morgan fingerprint density at radius 3 is 0.832 bits per heavy atom. The van der Waals surface area contributed by atoms with Crippen molar-refractivity contribution in [2.75, 3.05) is 0 Å². The summed E-state index contributed by atoms with van der Waals surface area (Å²) in [6.07, 6.45) is 0. The van der Waals surface area contributed by atoms with Gasteiger partial charge in [-0.25, -0.2) is 0 Å². The van der Waals surface area contributed by atoms with Crippen LogP contribution in [0.5, 0.6) is 0 Å². The molecule has 0 spiro atoms. The van der Waals surface area contributed by atoms with Gasteiger partial charge in [0, 0.05) is 16.2 Å². The fourth-order valence-corrected chi connectivity index (χ4v) is 18.9. The highest BCUT2D eigenvalue weighted by atomic mass is 14.4. The predicted octanol–water partition coefficient (Wildman–Crippen LogP) is 29.4. The Morgan fingerprint density at radius 2 is 0.402 bits per heavy atom. The Kier molecular flexibility index (Phi) is 14.8. The minimum Gasteiger partial charge on any atom is -0.0622 e. The standard InChI is InChI=1S/C56H42.C51H36/c1-55(2)49-20-12-10-16-41(49)43-29-26-39(33-51(43)55)36-22-24-37(25-23-36)53-45-18-8-9-19-46(45)54(48-32-38(27-31-47(48)53)35-14-6-5-7-15-35)40-28-30-44-42-17-11-13-21-50(42)56(3,4)52(44)34-40;1-51(2)47-22-11-10-18-41(47)42-29-28-38(32-48(42)51)50-44-20-9-8-19-43(44)49(45-30-27-37(31-46(45)50)33-13-4-3-5-14-33)36-25-23-35(24-26-36)40-21-12-16-34-15-6-7-17-39(34)40/h5-34H,1-4H3;3-32H,1-2H3. The first kappa shape index (κ1) is 63.9. The van der Waals surface area contributed by atoms with Gasteiger partial charge in [-0.3, -0.25) is 0 Å². The van der Waals surface area contributed by atoms with Crippen LogP contribution in [0, 0.1) is 0 Å². The Morgan fingerprint density at radius 1 is 0.140 bits per heavy atom. The molecule has 0 N–H and O–H groups in total. The van der Waals surface area contributed by atoms with Gasteiger partial charge in [0.05, 0.1) is 0 Å². The van der Waals surface area contributed by atoms with Gasteiger partial charge in [0.25, 0.3) is 0 Å². The van der Waals surface area contributed by atoms with Crippen LogP contribution in [-0.4, -0.2) is 0 Å². The summed E-state index contributed by atoms with van der Waals surface area (Å²) in [7, 11) is 0. The van der Waals surface area contributed by atoms with Crippen molar-refractivity contribution in [3.05, 3.63) is 397 Å². The molecule has 0 aromatic heterocycles. The molecule has 0 fully saturated rings. The molecule has 3 aliphatic rings. The lowest BCUT2D eigenvalue weighted by Crippen LogP contribution is -2.14. The zero-order chi connectivity index (χ0) is 71.9. The molecular weight excluding hydrogens is 1290 g/mol. The van der Waals surface area contributed by atoms with Gasteiger partial charge in [-0.15, -0.1) is 0 Å². The predicted molar refractivity (Wildman–Crippen MR) is 457 cm³/mol. The normalized spacial score (nSPS) is 13.7. The molecule has 0 unspecified atom stereocenters. The lowest BCUT2D eigenvalue weighted by Gasteiger charge is -2.23. The quantitative estimate of drug-likeness (QED) is 0.133. The molecule has 21 rings (SSSR count). The summed E-state index contributed by atoms with van der Waals surface area (Å²) in [5, 5.41) is 12.7. The maximum absolute atomic E-state index is 2.48. The second kappa shape index (κ2) is 24.7. The lowest BCUT2D eigenvalue weighted by atomic mass is 9.80. The first-order valence-corrected chi connectivity index (χ1v) is 37.9. The number of hydrogen-bond acceptors (Lipinski definition) is 0. The molecule has 0 amide bonds. The Bertz CT molecular complexity index is 6650. The van der Waals surface area contributed by atoms with Crippen LogP contribution in [0.25, 0.3) is 176 Å². The van der Waals surface area contributed by atoms with E-state index in [4.69, 9.17) is 0 Å². The van der Waals surface area contributed by atoms with Gasteiger partial charge in [-0.1, -0.05) is 375 Å². The Labute approximate surface area is 627 Å². The molecule has 506 valence electrons. The molecule has 0 heterocycles. The SMILES string of the molecule is CC1(C)c2ccccc2-c2ccc(-c3c4ccccc4c(-c4ccc(-c5cccc6ccccc56)cc4)c4ccc(-c5ccccc5)cc34)cc21.CC1(C)c2ccccc2-c2ccc(-c3ccc(-c4c5ccccc5c(-c5ccc6c(c5)C(C)(C)c5ccccc5-6)c5cc(-c6ccccc6)ccc45)cc3)cc21. The maximum Gasteiger partial charge on any atom is 0.0159 e. The van der Waals surface area contributed by atoms with Crippen LogP contribution in [0.1, 0.15) is 74.9 Å². The van der Waals surface area contributed by atoms with Crippen molar-refractivity contribution < 1.29 is 0 Å². The van der Waals surface area contributed by atoms with E-state index < -0.39 is 0 Å². The van der Waals surface area contributed by atoms with E-state index in [-0.39, 0.29) is 16.2 Å². The minimum atomic E-state index is -0.0804. The highest BCUT2D eigenvalue weighted by molar-refractivity contribution is 6.24. The average Bonchev–Trinajstić information content (AvgIpc) is 1.69. The molecule has 0 radical (unpaired) electrons. The van der Waals surface area contributed by atoms with E-state index in [9.17, 15) is 0 Å². The van der Waals surface area contributed by atoms with E-state index in [2.05, 4.69) is 406 Å². The van der Waals surface area contributed by atoms with E-state index in [1.165, 1.54) is 210 Å². The third-order valence-corrected chi connectivity index (χ3v) is 24.4. The zero-order valence-corrected chi connectivity index (χ0v) is 61.1. The summed E-state index contributed by atoms with van der Waals surface area (Å²) in [4.78, 5) is 0. The van der Waals surface area contributed by atoms with Crippen molar-refractivity contribution in [3.8, 4) is 122 Å². The summed E-state index contributed by atoms with van der Waals surface area (Å²) >= 11 is 0. The topological polar surface area (TPSA) is 0 Å². The van der Waals surface area contributed by atoms with E-state index in [1.807, 2.05) is 0 Å². The first-order valence-electron chi connectivity index (χ1n) is 37.9. The van der Waals surface area contributed by atoms with Gasteiger partial charge < -0.3 is 0 Å². The second-order valence-corrected chi connectivity index (χ2v) is 31.3. The van der Waals surface area contributed by atoms with Crippen molar-refractivity contribution in [1.82, 2.24) is 0 Å².